The lowest BCUT2D eigenvalue weighted by molar-refractivity contribution is 0.459. The Morgan fingerprint density at radius 3 is 2.56 bits per heavy atom. The molecule has 0 radical (unpaired) electrons. The maximum atomic E-state index is 5.79. The summed E-state index contributed by atoms with van der Waals surface area (Å²) in [7, 11) is 0. The summed E-state index contributed by atoms with van der Waals surface area (Å²) in [5.41, 5.74) is 1.19. The van der Waals surface area contributed by atoms with Crippen LogP contribution < -0.4 is 4.74 Å². The van der Waals surface area contributed by atoms with Crippen molar-refractivity contribution in [2.75, 3.05) is 0 Å². The minimum absolute atomic E-state index is 0.508. The average molecular weight is 299 g/mol. The van der Waals surface area contributed by atoms with Gasteiger partial charge in [0.05, 0.1) is 9.50 Å². The van der Waals surface area contributed by atoms with E-state index in [0.29, 0.717) is 10.9 Å². The number of hydrogen-bond acceptors (Lipinski definition) is 2. The molecular weight excluding hydrogens is 289 g/mol. The second-order valence-corrected chi connectivity index (χ2v) is 4.65. The van der Waals surface area contributed by atoms with E-state index < -0.39 is 0 Å². The molecule has 0 unspecified atom stereocenters. The first-order valence-corrected chi connectivity index (χ1v) is 5.88. The second-order valence-electron chi connectivity index (χ2n) is 3.36. The zero-order valence-corrected chi connectivity index (χ0v) is 10.9. The Balaban J connectivity index is 2.23. The van der Waals surface area contributed by atoms with Gasteiger partial charge in [0.15, 0.2) is 0 Å². The summed E-state index contributed by atoms with van der Waals surface area (Å²) in [6, 6.07) is 9.52. The van der Waals surface area contributed by atoms with Gasteiger partial charge in [-0.3, -0.25) is 0 Å². The van der Waals surface area contributed by atoms with Gasteiger partial charge in [-0.1, -0.05) is 29.3 Å². The van der Waals surface area contributed by atoms with Crippen molar-refractivity contribution in [3.8, 4) is 11.6 Å². The molecule has 0 saturated carbocycles. The molecule has 2 aromatic rings. The lowest BCUT2D eigenvalue weighted by atomic mass is 10.2. The van der Waals surface area contributed by atoms with Gasteiger partial charge < -0.3 is 4.74 Å². The first-order chi connectivity index (χ1) is 7.65. The maximum absolute atomic E-state index is 5.79. The lowest BCUT2D eigenvalue weighted by Crippen LogP contribution is -1.89. The SMILES string of the molecule is Cc1ccc(Oc2ncc(Cl)cc2Br)cc1. The van der Waals surface area contributed by atoms with Crippen LogP contribution >= 0.6 is 27.5 Å². The van der Waals surface area contributed by atoms with Gasteiger partial charge in [0.2, 0.25) is 5.88 Å². The molecule has 0 aliphatic carbocycles. The lowest BCUT2D eigenvalue weighted by Gasteiger charge is -2.06. The number of aryl methyl sites for hydroxylation is 1. The normalized spacial score (nSPS) is 10.2. The van der Waals surface area contributed by atoms with E-state index in [1.807, 2.05) is 31.2 Å². The van der Waals surface area contributed by atoms with Gasteiger partial charge >= 0.3 is 0 Å². The maximum Gasteiger partial charge on any atom is 0.233 e. The van der Waals surface area contributed by atoms with Crippen molar-refractivity contribution >= 4 is 27.5 Å². The van der Waals surface area contributed by atoms with Crippen molar-refractivity contribution in [1.82, 2.24) is 4.98 Å². The van der Waals surface area contributed by atoms with Crippen LogP contribution in [0.15, 0.2) is 41.0 Å². The number of nitrogens with zero attached hydrogens (tertiary/aromatic N) is 1. The molecule has 82 valence electrons. The summed E-state index contributed by atoms with van der Waals surface area (Å²) in [4.78, 5) is 4.09. The van der Waals surface area contributed by atoms with Crippen LogP contribution in [-0.4, -0.2) is 4.98 Å². The van der Waals surface area contributed by atoms with Crippen molar-refractivity contribution < 1.29 is 4.74 Å². The first-order valence-electron chi connectivity index (χ1n) is 4.71. The third-order valence-electron chi connectivity index (χ3n) is 2.01. The fourth-order valence-electron chi connectivity index (χ4n) is 1.20. The van der Waals surface area contributed by atoms with Gasteiger partial charge in [-0.2, -0.15) is 0 Å². The van der Waals surface area contributed by atoms with E-state index in [0.717, 1.165) is 10.2 Å². The molecule has 0 N–H and O–H groups in total. The monoisotopic (exact) mass is 297 g/mol. The van der Waals surface area contributed by atoms with E-state index in [4.69, 9.17) is 16.3 Å². The molecule has 0 aliphatic rings. The molecule has 1 aromatic heterocycles. The number of pyridine rings is 1. The minimum atomic E-state index is 0.508. The summed E-state index contributed by atoms with van der Waals surface area (Å²) in [6.07, 6.45) is 1.55. The van der Waals surface area contributed by atoms with Crippen molar-refractivity contribution in [2.45, 2.75) is 6.92 Å². The first kappa shape index (κ1) is 11.4. The van der Waals surface area contributed by atoms with Crippen LogP contribution in [-0.2, 0) is 0 Å². The van der Waals surface area contributed by atoms with Crippen LogP contribution in [0, 0.1) is 6.92 Å². The second kappa shape index (κ2) is 4.85. The van der Waals surface area contributed by atoms with Crippen molar-refractivity contribution in [1.29, 1.82) is 0 Å². The van der Waals surface area contributed by atoms with Gasteiger partial charge in [-0.15, -0.1) is 0 Å². The van der Waals surface area contributed by atoms with Crippen LogP contribution in [0.1, 0.15) is 5.56 Å². The molecule has 0 atom stereocenters. The Morgan fingerprint density at radius 1 is 1.25 bits per heavy atom. The fourth-order valence-corrected chi connectivity index (χ4v) is 1.91. The predicted molar refractivity (Wildman–Crippen MR) is 68.2 cm³/mol. The van der Waals surface area contributed by atoms with Crippen LogP contribution in [0.4, 0.5) is 0 Å². The highest BCUT2D eigenvalue weighted by molar-refractivity contribution is 9.10. The highest BCUT2D eigenvalue weighted by Gasteiger charge is 2.04. The zero-order chi connectivity index (χ0) is 11.5. The fraction of sp³-hybridized carbons (Fsp3) is 0.0833. The molecular formula is C12H9BrClNO. The largest absolute Gasteiger partial charge is 0.438 e. The summed E-state index contributed by atoms with van der Waals surface area (Å²) in [5.74, 6) is 1.26. The van der Waals surface area contributed by atoms with E-state index in [1.165, 1.54) is 5.56 Å². The van der Waals surface area contributed by atoms with E-state index in [2.05, 4.69) is 20.9 Å². The van der Waals surface area contributed by atoms with E-state index in [-0.39, 0.29) is 0 Å². The Hall–Kier alpha value is -1.06. The summed E-state index contributed by atoms with van der Waals surface area (Å²) in [5, 5.41) is 0.572. The molecule has 4 heteroatoms. The van der Waals surface area contributed by atoms with E-state index in [9.17, 15) is 0 Å². The number of ether oxygens (including phenoxy) is 1. The van der Waals surface area contributed by atoms with Gasteiger partial charge in [0.25, 0.3) is 0 Å². The molecule has 0 saturated heterocycles. The van der Waals surface area contributed by atoms with Crippen molar-refractivity contribution in [2.24, 2.45) is 0 Å². The molecule has 0 spiro atoms. The van der Waals surface area contributed by atoms with Gasteiger partial charge in [0.1, 0.15) is 5.75 Å². The molecule has 0 fully saturated rings. The predicted octanol–water partition coefficient (Wildman–Crippen LogP) is 4.60. The van der Waals surface area contributed by atoms with Crippen molar-refractivity contribution in [3.05, 3.63) is 51.6 Å². The molecule has 0 aliphatic heterocycles. The molecule has 16 heavy (non-hydrogen) atoms. The van der Waals surface area contributed by atoms with Gasteiger partial charge in [-0.05, 0) is 41.1 Å². The summed E-state index contributed by atoms with van der Waals surface area (Å²) < 4.78 is 6.34. The summed E-state index contributed by atoms with van der Waals surface area (Å²) in [6.45, 7) is 2.03. The highest BCUT2D eigenvalue weighted by Crippen LogP contribution is 2.29. The average Bonchev–Trinajstić information content (AvgIpc) is 2.25. The van der Waals surface area contributed by atoms with E-state index >= 15 is 0 Å². The molecule has 1 aromatic carbocycles. The molecule has 2 nitrogen and oxygen atoms in total. The Kier molecular flexibility index (Phi) is 3.46. The third-order valence-corrected chi connectivity index (χ3v) is 2.78. The van der Waals surface area contributed by atoms with Crippen LogP contribution in [0.5, 0.6) is 11.6 Å². The van der Waals surface area contributed by atoms with Crippen LogP contribution in [0.2, 0.25) is 5.02 Å². The Labute approximate surface area is 107 Å². The van der Waals surface area contributed by atoms with Crippen molar-refractivity contribution in [3.63, 3.8) is 0 Å². The Bertz CT molecular complexity index is 499. The summed E-state index contributed by atoms with van der Waals surface area (Å²) >= 11 is 9.14. The van der Waals surface area contributed by atoms with Gasteiger partial charge in [-0.25, -0.2) is 4.98 Å². The molecule has 1 heterocycles. The van der Waals surface area contributed by atoms with Crippen LogP contribution in [0.25, 0.3) is 0 Å². The third kappa shape index (κ3) is 2.74. The van der Waals surface area contributed by atoms with Crippen LogP contribution in [0.3, 0.4) is 0 Å². The van der Waals surface area contributed by atoms with E-state index in [1.54, 1.807) is 12.3 Å². The number of aromatic nitrogens is 1. The quantitative estimate of drug-likeness (QED) is 0.808. The smallest absolute Gasteiger partial charge is 0.233 e. The number of rotatable bonds is 2. The van der Waals surface area contributed by atoms with Gasteiger partial charge in [0, 0.05) is 6.20 Å². The number of halogens is 2. The zero-order valence-electron chi connectivity index (χ0n) is 8.58. The minimum Gasteiger partial charge on any atom is -0.438 e. The number of benzene rings is 1. The highest BCUT2D eigenvalue weighted by atomic mass is 79.9. The number of hydrogen-bond donors (Lipinski definition) is 0. The standard InChI is InChI=1S/C12H9BrClNO/c1-8-2-4-10(5-3-8)16-12-11(13)6-9(14)7-15-12/h2-7H,1H3. The molecule has 0 bridgehead atoms. The molecule has 2 rings (SSSR count). The molecule has 0 amide bonds. The Morgan fingerprint density at radius 2 is 1.94 bits per heavy atom. The topological polar surface area (TPSA) is 22.1 Å².